The molecule has 0 amide bonds. The molecule has 10 heavy (non-hydrogen) atoms. The van der Waals surface area contributed by atoms with Gasteiger partial charge in [-0.25, -0.2) is 0 Å². The molecule has 3 N–H and O–H groups in total. The van der Waals surface area contributed by atoms with Gasteiger partial charge in [-0.2, -0.15) is 5.26 Å². The van der Waals surface area contributed by atoms with Gasteiger partial charge in [-0.1, -0.05) is 20.8 Å². The van der Waals surface area contributed by atoms with E-state index < -0.39 is 5.54 Å². The molecule has 0 aliphatic rings. The van der Waals surface area contributed by atoms with E-state index in [1.807, 2.05) is 27.7 Å². The van der Waals surface area contributed by atoms with Crippen LogP contribution in [-0.4, -0.2) is 5.54 Å². The molecule has 0 rings (SSSR count). The number of nitrogens with zero attached hydrogens (tertiary/aromatic N) is 1. The quantitative estimate of drug-likeness (QED) is 0.423. The van der Waals surface area contributed by atoms with E-state index in [9.17, 15) is 0 Å². The molecule has 0 aromatic heterocycles. The Labute approximate surface area is 68.8 Å². The van der Waals surface area contributed by atoms with Crippen LogP contribution in [0.1, 0.15) is 27.7 Å². The molecule has 0 saturated carbocycles. The summed E-state index contributed by atoms with van der Waals surface area (Å²) in [6.45, 7) is 7.91. The first-order valence-electron chi connectivity index (χ1n) is 3.08. The molecule has 0 bridgehead atoms. The number of hydrogen-bond donors (Lipinski definition) is 1. The molecular formula is C7H15ClN2. The smallest absolute Gasteiger partial charge is 0.183 e. The van der Waals surface area contributed by atoms with Gasteiger partial charge < -0.3 is 18.1 Å². The maximum atomic E-state index is 8.62. The first kappa shape index (κ1) is 12.4. The van der Waals surface area contributed by atoms with Gasteiger partial charge in [-0.3, -0.25) is 0 Å². The van der Waals surface area contributed by atoms with Crippen LogP contribution in [0.3, 0.4) is 0 Å². The highest BCUT2D eigenvalue weighted by Crippen LogP contribution is 2.24. The van der Waals surface area contributed by atoms with Crippen molar-refractivity contribution in [3.63, 3.8) is 0 Å². The minimum Gasteiger partial charge on any atom is -1.00 e. The molecule has 60 valence electrons. The van der Waals surface area contributed by atoms with E-state index in [2.05, 4.69) is 11.8 Å². The van der Waals surface area contributed by atoms with E-state index in [1.165, 1.54) is 0 Å². The zero-order valence-electron chi connectivity index (χ0n) is 7.03. The lowest BCUT2D eigenvalue weighted by Gasteiger charge is -2.27. The summed E-state index contributed by atoms with van der Waals surface area (Å²) in [5.74, 6) is 0. The molecule has 0 aromatic rings. The summed E-state index contributed by atoms with van der Waals surface area (Å²) in [4.78, 5) is 0. The van der Waals surface area contributed by atoms with Gasteiger partial charge in [0.25, 0.3) is 0 Å². The van der Waals surface area contributed by atoms with E-state index in [1.54, 1.807) is 0 Å². The van der Waals surface area contributed by atoms with E-state index in [4.69, 9.17) is 5.26 Å². The molecular weight excluding hydrogens is 148 g/mol. The Morgan fingerprint density at radius 2 is 1.50 bits per heavy atom. The van der Waals surface area contributed by atoms with Gasteiger partial charge in [0, 0.05) is 12.3 Å². The number of rotatable bonds is 0. The van der Waals surface area contributed by atoms with Gasteiger partial charge in [-0.05, 0) is 0 Å². The minimum absolute atomic E-state index is 0. The summed E-state index contributed by atoms with van der Waals surface area (Å²) in [5.41, 5.74) is 3.31. The second-order valence-electron chi connectivity index (χ2n) is 3.69. The molecule has 0 heterocycles. The lowest BCUT2D eigenvalue weighted by atomic mass is 9.77. The molecule has 1 atom stereocenters. The van der Waals surface area contributed by atoms with Crippen LogP contribution in [0.4, 0.5) is 0 Å². The number of halogens is 1. The Bertz CT molecular complexity index is 139. The average Bonchev–Trinajstić information content (AvgIpc) is 1.64. The van der Waals surface area contributed by atoms with Gasteiger partial charge in [-0.15, -0.1) is 0 Å². The predicted octanol–water partition coefficient (Wildman–Crippen LogP) is -2.44. The monoisotopic (exact) mass is 162 g/mol. The average molecular weight is 163 g/mol. The van der Waals surface area contributed by atoms with Crippen LogP contribution in [0.25, 0.3) is 0 Å². The summed E-state index contributed by atoms with van der Waals surface area (Å²) in [6, 6.07) is 2.17. The Balaban J connectivity index is 0. The Hall–Kier alpha value is -0.260. The summed E-state index contributed by atoms with van der Waals surface area (Å²) in [5, 5.41) is 8.62. The van der Waals surface area contributed by atoms with Gasteiger partial charge >= 0.3 is 0 Å². The number of nitriles is 1. The van der Waals surface area contributed by atoms with E-state index in [0.717, 1.165) is 0 Å². The van der Waals surface area contributed by atoms with E-state index in [0.29, 0.717) is 0 Å². The zero-order valence-corrected chi connectivity index (χ0v) is 7.79. The van der Waals surface area contributed by atoms with Crippen molar-refractivity contribution in [2.75, 3.05) is 0 Å². The minimum atomic E-state index is -0.465. The topological polar surface area (TPSA) is 51.4 Å². The summed E-state index contributed by atoms with van der Waals surface area (Å²) in [6.07, 6.45) is 0. The van der Waals surface area contributed by atoms with Crippen molar-refractivity contribution < 1.29 is 18.1 Å². The van der Waals surface area contributed by atoms with Crippen molar-refractivity contribution in [1.29, 1.82) is 5.26 Å². The number of quaternary nitrogens is 1. The van der Waals surface area contributed by atoms with Crippen molar-refractivity contribution in [2.45, 2.75) is 33.2 Å². The third-order valence-electron chi connectivity index (χ3n) is 1.90. The van der Waals surface area contributed by atoms with Crippen LogP contribution in [0.2, 0.25) is 0 Å². The maximum absolute atomic E-state index is 8.62. The third-order valence-corrected chi connectivity index (χ3v) is 1.90. The van der Waals surface area contributed by atoms with Crippen molar-refractivity contribution in [1.82, 2.24) is 0 Å². The third kappa shape index (κ3) is 2.55. The lowest BCUT2D eigenvalue weighted by Crippen LogP contribution is -3.00. The molecule has 0 aromatic carbocycles. The SMILES string of the molecule is CC(C)(C)[C@@](C)([NH3+])C#N.[Cl-]. The van der Waals surface area contributed by atoms with Crippen molar-refractivity contribution in [3.05, 3.63) is 0 Å². The molecule has 2 nitrogen and oxygen atoms in total. The molecule has 0 aliphatic heterocycles. The molecule has 0 aliphatic carbocycles. The zero-order chi connectivity index (χ0) is 7.71. The van der Waals surface area contributed by atoms with Gasteiger partial charge in [0.15, 0.2) is 5.54 Å². The summed E-state index contributed by atoms with van der Waals surface area (Å²) < 4.78 is 0. The predicted molar refractivity (Wildman–Crippen MR) is 36.4 cm³/mol. The van der Waals surface area contributed by atoms with Crippen LogP contribution in [0, 0.1) is 16.7 Å². The number of hydrogen-bond acceptors (Lipinski definition) is 1. The van der Waals surface area contributed by atoms with Crippen LogP contribution in [0.5, 0.6) is 0 Å². The molecule has 3 heteroatoms. The lowest BCUT2D eigenvalue weighted by molar-refractivity contribution is -0.474. The van der Waals surface area contributed by atoms with Gasteiger partial charge in [0.2, 0.25) is 0 Å². The van der Waals surface area contributed by atoms with Gasteiger partial charge in [0.1, 0.15) is 6.07 Å². The highest BCUT2D eigenvalue weighted by Gasteiger charge is 2.37. The molecule has 0 radical (unpaired) electrons. The largest absolute Gasteiger partial charge is 1.00 e. The molecule has 0 saturated heterocycles. The van der Waals surface area contributed by atoms with E-state index >= 15 is 0 Å². The Morgan fingerprint density at radius 3 is 1.50 bits per heavy atom. The highest BCUT2D eigenvalue weighted by molar-refractivity contribution is 5.02. The fourth-order valence-corrected chi connectivity index (χ4v) is 0.168. The summed E-state index contributed by atoms with van der Waals surface area (Å²) in [7, 11) is 0. The van der Waals surface area contributed by atoms with Crippen LogP contribution in [-0.2, 0) is 0 Å². The highest BCUT2D eigenvalue weighted by atomic mass is 35.5. The second kappa shape index (κ2) is 3.23. The van der Waals surface area contributed by atoms with E-state index in [-0.39, 0.29) is 17.8 Å². The van der Waals surface area contributed by atoms with Crippen LogP contribution in [0.15, 0.2) is 0 Å². The fraction of sp³-hybridized carbons (Fsp3) is 0.857. The molecule has 0 spiro atoms. The Kier molecular flexibility index (Phi) is 4.01. The molecule has 0 unspecified atom stereocenters. The van der Waals surface area contributed by atoms with Crippen molar-refractivity contribution >= 4 is 0 Å². The van der Waals surface area contributed by atoms with Crippen molar-refractivity contribution in [2.24, 2.45) is 5.41 Å². The second-order valence-corrected chi connectivity index (χ2v) is 3.69. The first-order valence-corrected chi connectivity index (χ1v) is 3.08. The standard InChI is InChI=1S/C7H14N2.ClH/c1-6(2,3)7(4,9)5-8;/h9H2,1-4H3;1H/t7-;/m0./s1. The van der Waals surface area contributed by atoms with Crippen LogP contribution < -0.4 is 18.1 Å². The Morgan fingerprint density at radius 1 is 1.20 bits per heavy atom. The van der Waals surface area contributed by atoms with Crippen molar-refractivity contribution in [3.8, 4) is 6.07 Å². The molecule has 0 fully saturated rings. The van der Waals surface area contributed by atoms with Crippen LogP contribution >= 0.6 is 0 Å². The summed E-state index contributed by atoms with van der Waals surface area (Å²) >= 11 is 0. The first-order chi connectivity index (χ1) is 3.81. The normalized spacial score (nSPS) is 16.4. The maximum Gasteiger partial charge on any atom is 0.183 e. The van der Waals surface area contributed by atoms with Gasteiger partial charge in [0.05, 0.1) is 0 Å². The fourth-order valence-electron chi connectivity index (χ4n) is 0.168.